The molecule has 1 atom stereocenters. The number of hydrogen-bond donors (Lipinski definition) is 0. The molecule has 92 valence electrons. The monoisotopic (exact) mass is 249 g/mol. The van der Waals surface area contributed by atoms with Gasteiger partial charge in [-0.2, -0.15) is 5.26 Å². The van der Waals surface area contributed by atoms with Gasteiger partial charge in [-0.25, -0.2) is 0 Å². The van der Waals surface area contributed by atoms with E-state index in [4.69, 9.17) is 14.4 Å². The van der Waals surface area contributed by atoms with Crippen molar-refractivity contribution in [1.82, 2.24) is 0 Å². The third kappa shape index (κ3) is 4.59. The zero-order valence-corrected chi connectivity index (χ0v) is 11.9. The average molecular weight is 249 g/mol. The van der Waals surface area contributed by atoms with Gasteiger partial charge < -0.3 is 9.16 Å². The SMILES string of the molecule is CCOc1ccc([C@@H](C#N)O[Si](C)(C)C)cc1. The van der Waals surface area contributed by atoms with Gasteiger partial charge in [0.1, 0.15) is 5.75 Å². The van der Waals surface area contributed by atoms with E-state index in [0.29, 0.717) is 6.61 Å². The van der Waals surface area contributed by atoms with Crippen LogP contribution in [-0.4, -0.2) is 14.9 Å². The maximum absolute atomic E-state index is 9.13. The second-order valence-corrected chi connectivity index (χ2v) is 9.20. The Morgan fingerprint density at radius 1 is 1.24 bits per heavy atom. The molecule has 0 amide bonds. The molecule has 0 N–H and O–H groups in total. The highest BCUT2D eigenvalue weighted by molar-refractivity contribution is 6.69. The largest absolute Gasteiger partial charge is 0.494 e. The van der Waals surface area contributed by atoms with E-state index in [1.54, 1.807) is 0 Å². The van der Waals surface area contributed by atoms with Crippen molar-refractivity contribution in [3.8, 4) is 11.8 Å². The molecule has 0 aromatic heterocycles. The fourth-order valence-electron chi connectivity index (χ4n) is 1.43. The first-order valence-electron chi connectivity index (χ1n) is 5.76. The van der Waals surface area contributed by atoms with Gasteiger partial charge in [0.2, 0.25) is 0 Å². The molecule has 0 spiro atoms. The van der Waals surface area contributed by atoms with Gasteiger partial charge in [0.15, 0.2) is 14.4 Å². The van der Waals surface area contributed by atoms with E-state index in [9.17, 15) is 0 Å². The Morgan fingerprint density at radius 3 is 2.24 bits per heavy atom. The molecule has 0 saturated carbocycles. The fraction of sp³-hybridized carbons (Fsp3) is 0.462. The minimum atomic E-state index is -1.71. The van der Waals surface area contributed by atoms with Crippen LogP contribution in [0.25, 0.3) is 0 Å². The van der Waals surface area contributed by atoms with Crippen molar-refractivity contribution in [2.45, 2.75) is 32.7 Å². The maximum Gasteiger partial charge on any atom is 0.186 e. The zero-order chi connectivity index (χ0) is 12.9. The first-order chi connectivity index (χ1) is 7.96. The van der Waals surface area contributed by atoms with Crippen LogP contribution >= 0.6 is 0 Å². The lowest BCUT2D eigenvalue weighted by Gasteiger charge is -2.21. The van der Waals surface area contributed by atoms with Gasteiger partial charge >= 0.3 is 0 Å². The second kappa shape index (κ2) is 5.85. The smallest absolute Gasteiger partial charge is 0.186 e. The predicted molar refractivity (Wildman–Crippen MR) is 70.4 cm³/mol. The fourth-order valence-corrected chi connectivity index (χ4v) is 2.32. The molecule has 0 aliphatic carbocycles. The highest BCUT2D eigenvalue weighted by atomic mass is 28.4. The van der Waals surface area contributed by atoms with Crippen molar-refractivity contribution in [1.29, 1.82) is 5.26 Å². The highest BCUT2D eigenvalue weighted by Gasteiger charge is 2.22. The Bertz CT molecular complexity index is 389. The summed E-state index contributed by atoms with van der Waals surface area (Å²) in [4.78, 5) is 0. The number of nitrogens with zero attached hydrogens (tertiary/aromatic N) is 1. The van der Waals surface area contributed by atoms with Crippen LogP contribution in [0.3, 0.4) is 0 Å². The standard InChI is InChI=1S/C13H19NO2Si/c1-5-15-12-8-6-11(7-9-12)13(10-14)16-17(2,3)4/h6-9,13H,5H2,1-4H3/t13-/m1/s1. The quantitative estimate of drug-likeness (QED) is 0.750. The Hall–Kier alpha value is -1.31. The molecule has 0 aliphatic rings. The van der Waals surface area contributed by atoms with Gasteiger partial charge in [0.05, 0.1) is 12.7 Å². The number of rotatable bonds is 5. The number of nitriles is 1. The lowest BCUT2D eigenvalue weighted by molar-refractivity contribution is 0.255. The number of benzene rings is 1. The summed E-state index contributed by atoms with van der Waals surface area (Å²) in [5, 5.41) is 9.13. The van der Waals surface area contributed by atoms with E-state index in [1.165, 1.54) is 0 Å². The molecule has 1 aromatic carbocycles. The molecular formula is C13H19NO2Si. The molecule has 0 saturated heterocycles. The van der Waals surface area contributed by atoms with Crippen LogP contribution in [0, 0.1) is 11.3 Å². The van der Waals surface area contributed by atoms with E-state index in [2.05, 4.69) is 25.7 Å². The second-order valence-electron chi connectivity index (χ2n) is 4.74. The van der Waals surface area contributed by atoms with Crippen LogP contribution in [0.2, 0.25) is 19.6 Å². The third-order valence-corrected chi connectivity index (χ3v) is 3.03. The van der Waals surface area contributed by atoms with Gasteiger partial charge in [-0.1, -0.05) is 12.1 Å². The van der Waals surface area contributed by atoms with E-state index in [0.717, 1.165) is 11.3 Å². The molecular weight excluding hydrogens is 230 g/mol. The molecule has 0 fully saturated rings. The Labute approximate surface area is 104 Å². The summed E-state index contributed by atoms with van der Waals surface area (Å²) in [6.07, 6.45) is -0.475. The summed E-state index contributed by atoms with van der Waals surface area (Å²) in [7, 11) is -1.71. The van der Waals surface area contributed by atoms with Crippen LogP contribution in [0.15, 0.2) is 24.3 Å². The number of hydrogen-bond acceptors (Lipinski definition) is 3. The molecule has 17 heavy (non-hydrogen) atoms. The van der Waals surface area contributed by atoms with Crippen LogP contribution in [-0.2, 0) is 4.43 Å². The minimum Gasteiger partial charge on any atom is -0.494 e. The maximum atomic E-state index is 9.13. The molecule has 0 unspecified atom stereocenters. The normalized spacial score (nSPS) is 12.9. The van der Waals surface area contributed by atoms with Crippen LogP contribution in [0.1, 0.15) is 18.6 Å². The summed E-state index contributed by atoms with van der Waals surface area (Å²) in [5.74, 6) is 0.820. The molecule has 3 nitrogen and oxygen atoms in total. The van der Waals surface area contributed by atoms with Crippen LogP contribution in [0.4, 0.5) is 0 Å². The van der Waals surface area contributed by atoms with Crippen molar-refractivity contribution >= 4 is 8.32 Å². The summed E-state index contributed by atoms with van der Waals surface area (Å²) < 4.78 is 11.2. The van der Waals surface area contributed by atoms with E-state index in [1.807, 2.05) is 31.2 Å². The molecule has 0 bridgehead atoms. The molecule has 0 radical (unpaired) electrons. The van der Waals surface area contributed by atoms with Crippen molar-refractivity contribution in [2.24, 2.45) is 0 Å². The van der Waals surface area contributed by atoms with Crippen LogP contribution < -0.4 is 4.74 Å². The Balaban J connectivity index is 2.80. The van der Waals surface area contributed by atoms with Gasteiger partial charge in [-0.15, -0.1) is 0 Å². The molecule has 1 aromatic rings. The first-order valence-corrected chi connectivity index (χ1v) is 9.17. The molecule has 0 heterocycles. The summed E-state index contributed by atoms with van der Waals surface area (Å²) in [6.45, 7) is 8.82. The first kappa shape index (κ1) is 13.8. The zero-order valence-electron chi connectivity index (χ0n) is 10.9. The molecule has 1 rings (SSSR count). The van der Waals surface area contributed by atoms with Gasteiger partial charge in [0.25, 0.3) is 0 Å². The van der Waals surface area contributed by atoms with Gasteiger partial charge in [0, 0.05) is 0 Å². The van der Waals surface area contributed by atoms with Crippen molar-refractivity contribution < 1.29 is 9.16 Å². The summed E-state index contributed by atoms with van der Waals surface area (Å²) in [5.41, 5.74) is 0.887. The molecule has 0 aliphatic heterocycles. The molecule has 4 heteroatoms. The predicted octanol–water partition coefficient (Wildman–Crippen LogP) is 3.50. The van der Waals surface area contributed by atoms with E-state index >= 15 is 0 Å². The van der Waals surface area contributed by atoms with Crippen molar-refractivity contribution in [3.05, 3.63) is 29.8 Å². The van der Waals surface area contributed by atoms with E-state index < -0.39 is 14.4 Å². The Morgan fingerprint density at radius 2 is 1.82 bits per heavy atom. The van der Waals surface area contributed by atoms with E-state index in [-0.39, 0.29) is 0 Å². The van der Waals surface area contributed by atoms with Gasteiger partial charge in [-0.3, -0.25) is 0 Å². The highest BCUT2D eigenvalue weighted by Crippen LogP contribution is 2.23. The average Bonchev–Trinajstić information content (AvgIpc) is 2.26. The summed E-state index contributed by atoms with van der Waals surface area (Å²) in [6, 6.07) is 9.72. The lowest BCUT2D eigenvalue weighted by Crippen LogP contribution is -2.27. The van der Waals surface area contributed by atoms with Crippen molar-refractivity contribution in [3.63, 3.8) is 0 Å². The Kier molecular flexibility index (Phi) is 4.73. The number of ether oxygens (including phenoxy) is 1. The van der Waals surface area contributed by atoms with Crippen molar-refractivity contribution in [2.75, 3.05) is 6.61 Å². The van der Waals surface area contributed by atoms with Crippen LogP contribution in [0.5, 0.6) is 5.75 Å². The minimum absolute atomic E-state index is 0.475. The summed E-state index contributed by atoms with van der Waals surface area (Å²) >= 11 is 0. The lowest BCUT2D eigenvalue weighted by atomic mass is 10.1. The van der Waals surface area contributed by atoms with Gasteiger partial charge in [-0.05, 0) is 44.3 Å². The topological polar surface area (TPSA) is 42.2 Å². The third-order valence-electron chi connectivity index (χ3n) is 2.08.